The zero-order valence-electron chi connectivity index (χ0n) is 13.8. The quantitative estimate of drug-likeness (QED) is 0.724. The summed E-state index contributed by atoms with van der Waals surface area (Å²) in [4.78, 5) is 28.1. The van der Waals surface area contributed by atoms with Crippen molar-refractivity contribution < 1.29 is 9.59 Å². The summed E-state index contributed by atoms with van der Waals surface area (Å²) in [6.45, 7) is 0. The number of rotatable bonds is 4. The molecule has 3 aromatic rings. The highest BCUT2D eigenvalue weighted by Gasteiger charge is 2.13. The standard InChI is InChI=1S/C20H16ClN3O2/c21-18-6-2-1-5-17(18)19(25)24-20(26)23-16-9-7-14(8-10-16)12-15-4-3-11-22-13-15/h1-11,13H,12H2,(H2,23,24,25,26). The number of halogens is 1. The molecule has 6 heteroatoms. The Balaban J connectivity index is 1.58. The Kier molecular flexibility index (Phi) is 5.61. The van der Waals surface area contributed by atoms with Crippen molar-refractivity contribution in [2.24, 2.45) is 0 Å². The Morgan fingerprint density at radius 3 is 2.38 bits per heavy atom. The molecule has 3 rings (SSSR count). The molecule has 0 aliphatic rings. The van der Waals surface area contributed by atoms with E-state index in [1.54, 1.807) is 42.6 Å². The molecule has 0 saturated heterocycles. The van der Waals surface area contributed by atoms with Crippen molar-refractivity contribution in [2.45, 2.75) is 6.42 Å². The number of anilines is 1. The van der Waals surface area contributed by atoms with Crippen LogP contribution in [0.2, 0.25) is 5.02 Å². The highest BCUT2D eigenvalue weighted by Crippen LogP contribution is 2.15. The summed E-state index contributed by atoms with van der Waals surface area (Å²) in [5.41, 5.74) is 3.04. The number of hydrogen-bond donors (Lipinski definition) is 2. The molecule has 2 N–H and O–H groups in total. The molecule has 0 spiro atoms. The van der Waals surface area contributed by atoms with Crippen molar-refractivity contribution in [1.82, 2.24) is 10.3 Å². The Bertz CT molecular complexity index is 912. The second-order valence-corrected chi connectivity index (χ2v) is 6.03. The van der Waals surface area contributed by atoms with Gasteiger partial charge in [0.1, 0.15) is 0 Å². The van der Waals surface area contributed by atoms with Gasteiger partial charge in [0.15, 0.2) is 0 Å². The number of amides is 3. The predicted octanol–water partition coefficient (Wildman–Crippen LogP) is 4.29. The molecule has 0 fully saturated rings. The number of aromatic nitrogens is 1. The Morgan fingerprint density at radius 2 is 1.69 bits per heavy atom. The van der Waals surface area contributed by atoms with Crippen LogP contribution in [0.5, 0.6) is 0 Å². The lowest BCUT2D eigenvalue weighted by molar-refractivity contribution is 0.0967. The van der Waals surface area contributed by atoms with Crippen LogP contribution < -0.4 is 10.6 Å². The molecule has 0 saturated carbocycles. The van der Waals surface area contributed by atoms with Crippen LogP contribution in [0.25, 0.3) is 0 Å². The summed E-state index contributed by atoms with van der Waals surface area (Å²) in [5, 5.41) is 5.17. The summed E-state index contributed by atoms with van der Waals surface area (Å²) in [5.74, 6) is -0.554. The molecule has 3 amide bonds. The maximum absolute atomic E-state index is 12.1. The zero-order valence-corrected chi connectivity index (χ0v) is 14.5. The summed E-state index contributed by atoms with van der Waals surface area (Å²) >= 11 is 5.95. The van der Waals surface area contributed by atoms with E-state index in [0.29, 0.717) is 5.69 Å². The van der Waals surface area contributed by atoms with E-state index in [2.05, 4.69) is 15.6 Å². The maximum atomic E-state index is 12.1. The summed E-state index contributed by atoms with van der Waals surface area (Å²) in [6.07, 6.45) is 4.31. The maximum Gasteiger partial charge on any atom is 0.326 e. The monoisotopic (exact) mass is 365 g/mol. The lowest BCUT2D eigenvalue weighted by atomic mass is 10.1. The predicted molar refractivity (Wildman–Crippen MR) is 101 cm³/mol. The van der Waals surface area contributed by atoms with Crippen LogP contribution in [0, 0.1) is 0 Å². The van der Waals surface area contributed by atoms with Crippen LogP contribution in [0.4, 0.5) is 10.5 Å². The normalized spacial score (nSPS) is 10.2. The van der Waals surface area contributed by atoms with Crippen LogP contribution in [0.3, 0.4) is 0 Å². The fourth-order valence-corrected chi connectivity index (χ4v) is 2.64. The van der Waals surface area contributed by atoms with Gasteiger partial charge in [-0.3, -0.25) is 15.1 Å². The Labute approximate surface area is 156 Å². The molecule has 0 aliphatic heterocycles. The topological polar surface area (TPSA) is 71.1 Å². The number of carbonyl (C=O) groups excluding carboxylic acids is 2. The third kappa shape index (κ3) is 4.68. The molecule has 5 nitrogen and oxygen atoms in total. The summed E-state index contributed by atoms with van der Waals surface area (Å²) in [6, 6.07) is 17.2. The van der Waals surface area contributed by atoms with Crippen LogP contribution >= 0.6 is 11.6 Å². The molecule has 130 valence electrons. The van der Waals surface area contributed by atoms with Crippen molar-refractivity contribution in [3.05, 3.63) is 94.8 Å². The van der Waals surface area contributed by atoms with Crippen LogP contribution in [-0.4, -0.2) is 16.9 Å². The number of hydrogen-bond acceptors (Lipinski definition) is 3. The van der Waals surface area contributed by atoms with Crippen molar-refractivity contribution >= 4 is 29.2 Å². The average molecular weight is 366 g/mol. The first-order valence-electron chi connectivity index (χ1n) is 7.96. The molecular weight excluding hydrogens is 350 g/mol. The minimum Gasteiger partial charge on any atom is -0.308 e. The number of benzene rings is 2. The van der Waals surface area contributed by atoms with E-state index in [1.807, 2.05) is 30.5 Å². The van der Waals surface area contributed by atoms with E-state index in [1.165, 1.54) is 0 Å². The third-order valence-electron chi connectivity index (χ3n) is 3.69. The van der Waals surface area contributed by atoms with Crippen molar-refractivity contribution in [3.63, 3.8) is 0 Å². The number of carbonyl (C=O) groups is 2. The van der Waals surface area contributed by atoms with E-state index >= 15 is 0 Å². The molecule has 1 aromatic heterocycles. The van der Waals surface area contributed by atoms with Gasteiger partial charge in [0.2, 0.25) is 0 Å². The molecule has 0 aliphatic carbocycles. The highest BCUT2D eigenvalue weighted by atomic mass is 35.5. The average Bonchev–Trinajstić information content (AvgIpc) is 2.64. The van der Waals surface area contributed by atoms with E-state index in [0.717, 1.165) is 17.5 Å². The fraction of sp³-hybridized carbons (Fsp3) is 0.0500. The SMILES string of the molecule is O=C(NC(=O)c1ccccc1Cl)Nc1ccc(Cc2cccnc2)cc1. The van der Waals surface area contributed by atoms with Gasteiger partial charge in [-0.25, -0.2) is 4.79 Å². The first kappa shape index (κ1) is 17.6. The second kappa shape index (κ2) is 8.27. The van der Waals surface area contributed by atoms with E-state index in [4.69, 9.17) is 11.6 Å². The van der Waals surface area contributed by atoms with Gasteiger partial charge in [-0.2, -0.15) is 0 Å². The van der Waals surface area contributed by atoms with E-state index < -0.39 is 11.9 Å². The molecule has 0 atom stereocenters. The van der Waals surface area contributed by atoms with Gasteiger partial charge in [0.25, 0.3) is 5.91 Å². The van der Waals surface area contributed by atoms with Crippen LogP contribution in [0.15, 0.2) is 73.1 Å². The minimum absolute atomic E-state index is 0.246. The molecule has 0 unspecified atom stereocenters. The fourth-order valence-electron chi connectivity index (χ4n) is 2.42. The van der Waals surface area contributed by atoms with Gasteiger partial charge < -0.3 is 5.32 Å². The first-order chi connectivity index (χ1) is 12.6. The number of imide groups is 1. The number of nitrogens with zero attached hydrogens (tertiary/aromatic N) is 1. The van der Waals surface area contributed by atoms with Gasteiger partial charge >= 0.3 is 6.03 Å². The smallest absolute Gasteiger partial charge is 0.308 e. The van der Waals surface area contributed by atoms with E-state index in [9.17, 15) is 9.59 Å². The van der Waals surface area contributed by atoms with Gasteiger partial charge in [-0.15, -0.1) is 0 Å². The van der Waals surface area contributed by atoms with Crippen molar-refractivity contribution in [2.75, 3.05) is 5.32 Å². The summed E-state index contributed by atoms with van der Waals surface area (Å²) in [7, 11) is 0. The van der Waals surface area contributed by atoms with Crippen molar-refractivity contribution in [1.29, 1.82) is 0 Å². The van der Waals surface area contributed by atoms with Gasteiger partial charge in [0.05, 0.1) is 10.6 Å². The van der Waals surface area contributed by atoms with Gasteiger partial charge in [-0.1, -0.05) is 41.9 Å². The minimum atomic E-state index is -0.616. The molecule has 0 bridgehead atoms. The Hall–Kier alpha value is -3.18. The first-order valence-corrected chi connectivity index (χ1v) is 8.34. The molecule has 2 aromatic carbocycles. The summed E-state index contributed by atoms with van der Waals surface area (Å²) < 4.78 is 0. The molecular formula is C20H16ClN3O2. The third-order valence-corrected chi connectivity index (χ3v) is 4.02. The largest absolute Gasteiger partial charge is 0.326 e. The molecule has 0 radical (unpaired) electrons. The van der Waals surface area contributed by atoms with Gasteiger partial charge in [0, 0.05) is 18.1 Å². The molecule has 1 heterocycles. The zero-order chi connectivity index (χ0) is 18.4. The number of urea groups is 1. The Morgan fingerprint density at radius 1 is 0.923 bits per heavy atom. The lowest BCUT2D eigenvalue weighted by Crippen LogP contribution is -2.34. The highest BCUT2D eigenvalue weighted by molar-refractivity contribution is 6.34. The number of nitrogens with one attached hydrogen (secondary N) is 2. The van der Waals surface area contributed by atoms with Crippen molar-refractivity contribution in [3.8, 4) is 0 Å². The molecule has 26 heavy (non-hydrogen) atoms. The van der Waals surface area contributed by atoms with Crippen LogP contribution in [-0.2, 0) is 6.42 Å². The van der Waals surface area contributed by atoms with Gasteiger partial charge in [-0.05, 0) is 47.9 Å². The van der Waals surface area contributed by atoms with Crippen LogP contribution in [0.1, 0.15) is 21.5 Å². The lowest BCUT2D eigenvalue weighted by Gasteiger charge is -2.08. The van der Waals surface area contributed by atoms with E-state index in [-0.39, 0.29) is 10.6 Å². The number of pyridine rings is 1. The second-order valence-electron chi connectivity index (χ2n) is 5.62.